The Morgan fingerprint density at radius 1 is 0.857 bits per heavy atom. The van der Waals surface area contributed by atoms with Crippen LogP contribution < -0.4 is 0 Å². The third kappa shape index (κ3) is 5.99. The number of benzene rings is 2. The van der Waals surface area contributed by atoms with E-state index in [1.54, 1.807) is 0 Å². The second-order valence-electron chi connectivity index (χ2n) is 11.0. The van der Waals surface area contributed by atoms with Gasteiger partial charge in [-0.3, -0.25) is 0 Å². The summed E-state index contributed by atoms with van der Waals surface area (Å²) in [7, 11) is 0. The van der Waals surface area contributed by atoms with Gasteiger partial charge in [-0.1, -0.05) is 124 Å². The first kappa shape index (κ1) is 27.0. The van der Waals surface area contributed by atoms with Crippen LogP contribution in [0.1, 0.15) is 76.1 Å². The number of hydrogen-bond donors (Lipinski definition) is 0. The molecule has 0 radical (unpaired) electrons. The maximum Gasteiger partial charge on any atom is 0.0469 e. The fraction of sp³-hybridized carbons (Fsp3) is 0.353. The minimum Gasteiger partial charge on any atom is -0.0949 e. The molecule has 0 aromatic heterocycles. The fourth-order valence-electron chi connectivity index (χ4n) is 4.99. The molecule has 1 heteroatoms. The highest BCUT2D eigenvalue weighted by Gasteiger charge is 2.25. The van der Waals surface area contributed by atoms with Crippen LogP contribution in [0.5, 0.6) is 0 Å². The molecule has 1 aliphatic rings. The lowest BCUT2D eigenvalue weighted by atomic mass is 9.76. The smallest absolute Gasteiger partial charge is 0.0469 e. The van der Waals surface area contributed by atoms with Gasteiger partial charge >= 0.3 is 0 Å². The average Bonchev–Trinajstić information content (AvgIpc) is 2.82. The highest BCUT2D eigenvalue weighted by atomic mass is 35.5. The monoisotopic (exact) mass is 484 g/mol. The maximum atomic E-state index is 6.93. The summed E-state index contributed by atoms with van der Waals surface area (Å²) >= 11 is 6.93. The summed E-state index contributed by atoms with van der Waals surface area (Å²) in [6.45, 7) is 20.1. The molecule has 2 aromatic rings. The van der Waals surface area contributed by atoms with Crippen LogP contribution in [0.25, 0.3) is 0 Å². The van der Waals surface area contributed by atoms with E-state index in [1.807, 2.05) is 0 Å². The molecule has 0 bridgehead atoms. The predicted molar refractivity (Wildman–Crippen MR) is 155 cm³/mol. The van der Waals surface area contributed by atoms with Crippen molar-refractivity contribution in [2.75, 3.05) is 0 Å². The van der Waals surface area contributed by atoms with Crippen LogP contribution in [0, 0.1) is 13.8 Å². The van der Waals surface area contributed by atoms with E-state index in [1.165, 1.54) is 39.0 Å². The summed E-state index contributed by atoms with van der Waals surface area (Å²) in [5, 5.41) is 0.895. The van der Waals surface area contributed by atoms with Crippen molar-refractivity contribution in [3.63, 3.8) is 0 Å². The van der Waals surface area contributed by atoms with Crippen LogP contribution in [0.4, 0.5) is 0 Å². The van der Waals surface area contributed by atoms with Crippen molar-refractivity contribution in [2.45, 2.75) is 78.6 Å². The molecule has 0 nitrogen and oxygen atoms in total. The SMILES string of the molecule is C=C(/C=C/C1=C(Cl)C(=C/C=C(/C)C(C)(C)c2ccccc2C)/CCC1)C(C)(C)c1ccccc1C. The zero-order chi connectivity index (χ0) is 25.8. The van der Waals surface area contributed by atoms with E-state index in [2.05, 4.69) is 128 Å². The standard InChI is InChI=1S/C34H41Cl/c1-24-14-9-11-18-30(24)33(5,6)26(3)20-22-28-16-13-17-29(32(28)35)23-21-27(4)34(7,8)31-19-12-10-15-25(31)2/h9-12,14-15,18-23H,3,13,16-17H2,1-2,4-8H3/b22-20+,27-21-,29-23+. The van der Waals surface area contributed by atoms with Gasteiger partial charge in [-0.2, -0.15) is 0 Å². The van der Waals surface area contributed by atoms with Crippen LogP contribution >= 0.6 is 11.6 Å². The summed E-state index contributed by atoms with van der Waals surface area (Å²) < 4.78 is 0. The Balaban J connectivity index is 1.84. The Morgan fingerprint density at radius 2 is 1.40 bits per heavy atom. The molecule has 0 saturated heterocycles. The summed E-state index contributed by atoms with van der Waals surface area (Å²) in [6, 6.07) is 17.2. The summed E-state index contributed by atoms with van der Waals surface area (Å²) in [6.07, 6.45) is 12.0. The molecular formula is C34H41Cl. The zero-order valence-electron chi connectivity index (χ0n) is 22.6. The zero-order valence-corrected chi connectivity index (χ0v) is 23.4. The first-order valence-corrected chi connectivity index (χ1v) is 13.1. The highest BCUT2D eigenvalue weighted by molar-refractivity contribution is 6.32. The molecule has 0 aliphatic heterocycles. The van der Waals surface area contributed by atoms with E-state index in [-0.39, 0.29) is 10.8 Å². The molecule has 0 N–H and O–H groups in total. The Bertz CT molecular complexity index is 1210. The van der Waals surface area contributed by atoms with Gasteiger partial charge < -0.3 is 0 Å². The second-order valence-corrected chi connectivity index (χ2v) is 11.4. The van der Waals surface area contributed by atoms with Crippen molar-refractivity contribution in [1.29, 1.82) is 0 Å². The van der Waals surface area contributed by atoms with E-state index < -0.39 is 0 Å². The number of hydrogen-bond acceptors (Lipinski definition) is 0. The summed E-state index contributed by atoms with van der Waals surface area (Å²) in [5.74, 6) is 0. The largest absolute Gasteiger partial charge is 0.0949 e. The highest BCUT2D eigenvalue weighted by Crippen LogP contribution is 2.37. The second kappa shape index (κ2) is 11.0. The molecule has 3 rings (SSSR count). The lowest BCUT2D eigenvalue weighted by Gasteiger charge is -2.28. The molecular weight excluding hydrogens is 444 g/mol. The first-order chi connectivity index (χ1) is 16.5. The van der Waals surface area contributed by atoms with E-state index in [0.717, 1.165) is 29.9 Å². The normalized spacial score (nSPS) is 16.9. The molecule has 35 heavy (non-hydrogen) atoms. The number of rotatable bonds is 7. The van der Waals surface area contributed by atoms with Gasteiger partial charge in [-0.05, 0) is 79.0 Å². The van der Waals surface area contributed by atoms with Crippen LogP contribution in [0.3, 0.4) is 0 Å². The summed E-state index contributed by atoms with van der Waals surface area (Å²) in [4.78, 5) is 0. The van der Waals surface area contributed by atoms with Crippen molar-refractivity contribution in [2.24, 2.45) is 0 Å². The lowest BCUT2D eigenvalue weighted by Crippen LogP contribution is -2.20. The van der Waals surface area contributed by atoms with Crippen LogP contribution in [-0.4, -0.2) is 0 Å². The van der Waals surface area contributed by atoms with Crippen molar-refractivity contribution < 1.29 is 0 Å². The number of allylic oxidation sites excluding steroid dienone is 9. The van der Waals surface area contributed by atoms with Crippen molar-refractivity contribution >= 4 is 11.6 Å². The molecule has 0 unspecified atom stereocenters. The van der Waals surface area contributed by atoms with E-state index in [4.69, 9.17) is 11.6 Å². The van der Waals surface area contributed by atoms with Gasteiger partial charge in [0.15, 0.2) is 0 Å². The fourth-order valence-corrected chi connectivity index (χ4v) is 5.30. The Morgan fingerprint density at radius 3 is 1.97 bits per heavy atom. The molecule has 2 aromatic carbocycles. The third-order valence-corrected chi connectivity index (χ3v) is 8.39. The molecule has 0 saturated carbocycles. The van der Waals surface area contributed by atoms with Crippen LogP contribution in [0.15, 0.2) is 107 Å². The number of aryl methyl sites for hydroxylation is 2. The van der Waals surface area contributed by atoms with Gasteiger partial charge in [-0.25, -0.2) is 0 Å². The van der Waals surface area contributed by atoms with Gasteiger partial charge in [-0.15, -0.1) is 0 Å². The Kier molecular flexibility index (Phi) is 8.50. The number of halogens is 1. The molecule has 184 valence electrons. The molecule has 1 aliphatic carbocycles. The molecule has 0 atom stereocenters. The van der Waals surface area contributed by atoms with Crippen molar-refractivity contribution in [3.8, 4) is 0 Å². The van der Waals surface area contributed by atoms with Gasteiger partial charge in [0.25, 0.3) is 0 Å². The van der Waals surface area contributed by atoms with Gasteiger partial charge in [0.2, 0.25) is 0 Å². The van der Waals surface area contributed by atoms with Gasteiger partial charge in [0, 0.05) is 15.9 Å². The van der Waals surface area contributed by atoms with Gasteiger partial charge in [0.05, 0.1) is 0 Å². The van der Waals surface area contributed by atoms with Crippen molar-refractivity contribution in [3.05, 3.63) is 129 Å². The van der Waals surface area contributed by atoms with E-state index in [0.29, 0.717) is 0 Å². The topological polar surface area (TPSA) is 0 Å². The quantitative estimate of drug-likeness (QED) is 0.343. The van der Waals surface area contributed by atoms with Crippen LogP contribution in [0.2, 0.25) is 0 Å². The minimum absolute atomic E-state index is 0.0329. The van der Waals surface area contributed by atoms with E-state index >= 15 is 0 Å². The average molecular weight is 485 g/mol. The molecule has 0 amide bonds. The molecule has 0 heterocycles. The predicted octanol–water partition coefficient (Wildman–Crippen LogP) is 10.2. The van der Waals surface area contributed by atoms with E-state index in [9.17, 15) is 0 Å². The van der Waals surface area contributed by atoms with Crippen LogP contribution in [-0.2, 0) is 10.8 Å². The van der Waals surface area contributed by atoms with Crippen molar-refractivity contribution in [1.82, 2.24) is 0 Å². The first-order valence-electron chi connectivity index (χ1n) is 12.7. The van der Waals surface area contributed by atoms with Gasteiger partial charge in [0.1, 0.15) is 0 Å². The molecule has 0 spiro atoms. The maximum absolute atomic E-state index is 6.93. The Labute approximate surface area is 218 Å². The molecule has 0 fully saturated rings. The summed E-state index contributed by atoms with van der Waals surface area (Å²) in [5.41, 5.74) is 9.99. The lowest BCUT2D eigenvalue weighted by molar-refractivity contribution is 0.619. The minimum atomic E-state index is -0.136. The third-order valence-electron chi connectivity index (χ3n) is 7.90. The Hall–Kier alpha value is -2.57.